The zero-order valence-corrected chi connectivity index (χ0v) is 17.1. The summed E-state index contributed by atoms with van der Waals surface area (Å²) in [5.74, 6) is -0.430. The molecular formula is C23H22N4O4. The third kappa shape index (κ3) is 4.18. The second-order valence-corrected chi connectivity index (χ2v) is 6.47. The number of methoxy groups -OCH3 is 1. The van der Waals surface area contributed by atoms with Crippen LogP contribution in [0.2, 0.25) is 0 Å². The molecule has 3 aromatic rings. The fraction of sp³-hybridized carbons (Fsp3) is 0.0870. The van der Waals surface area contributed by atoms with E-state index in [-0.39, 0.29) is 28.7 Å². The van der Waals surface area contributed by atoms with E-state index in [0.29, 0.717) is 22.6 Å². The predicted octanol–water partition coefficient (Wildman–Crippen LogP) is 3.60. The molecule has 0 bridgehead atoms. The summed E-state index contributed by atoms with van der Waals surface area (Å²) in [7, 11) is 1.55. The number of hydrogen-bond donors (Lipinski definition) is 3. The number of allylic oxidation sites excluding steroid dienone is 5. The maximum Gasteiger partial charge on any atom is 0.287 e. The smallest absolute Gasteiger partial charge is 0.287 e. The molecule has 0 aliphatic heterocycles. The average molecular weight is 418 g/mol. The molecule has 0 radical (unpaired) electrons. The molecule has 0 aliphatic carbocycles. The van der Waals surface area contributed by atoms with Gasteiger partial charge in [0.15, 0.2) is 5.82 Å². The summed E-state index contributed by atoms with van der Waals surface area (Å²) in [6.07, 6.45) is 6.92. The molecule has 0 spiro atoms. The fourth-order valence-corrected chi connectivity index (χ4v) is 3.09. The first-order valence-electron chi connectivity index (χ1n) is 9.33. The van der Waals surface area contributed by atoms with E-state index in [9.17, 15) is 15.0 Å². The number of phenolic OH excluding ortho intramolecular Hbond substituents is 2. The van der Waals surface area contributed by atoms with Gasteiger partial charge in [-0.1, -0.05) is 30.9 Å². The number of aromatic nitrogens is 3. The number of nitrogens with zero attached hydrogens (tertiary/aromatic N) is 3. The molecule has 0 atom stereocenters. The largest absolute Gasteiger partial charge is 0.507 e. The van der Waals surface area contributed by atoms with Crippen molar-refractivity contribution in [2.45, 2.75) is 6.92 Å². The third-order valence-corrected chi connectivity index (χ3v) is 4.60. The molecule has 2 aromatic carbocycles. The molecule has 0 unspecified atom stereocenters. The van der Waals surface area contributed by atoms with E-state index < -0.39 is 5.91 Å². The summed E-state index contributed by atoms with van der Waals surface area (Å²) in [5.41, 5.74) is 7.46. The quantitative estimate of drug-likeness (QED) is 0.504. The highest BCUT2D eigenvalue weighted by atomic mass is 16.5. The van der Waals surface area contributed by atoms with Crippen molar-refractivity contribution < 1.29 is 19.7 Å². The van der Waals surface area contributed by atoms with Crippen LogP contribution in [0.1, 0.15) is 23.1 Å². The number of carbonyl (C=O) groups excluding carboxylic acids is 1. The molecule has 0 saturated heterocycles. The van der Waals surface area contributed by atoms with Gasteiger partial charge in [-0.05, 0) is 42.8 Å². The zero-order chi connectivity index (χ0) is 22.5. The Labute approximate surface area is 179 Å². The summed E-state index contributed by atoms with van der Waals surface area (Å²) in [6, 6.07) is 9.63. The normalized spacial score (nSPS) is 11.6. The highest BCUT2D eigenvalue weighted by Crippen LogP contribution is 2.38. The molecule has 1 heterocycles. The molecule has 0 saturated carbocycles. The predicted molar refractivity (Wildman–Crippen MR) is 118 cm³/mol. The first-order chi connectivity index (χ1) is 14.9. The van der Waals surface area contributed by atoms with Crippen LogP contribution in [0.5, 0.6) is 17.2 Å². The van der Waals surface area contributed by atoms with Crippen LogP contribution in [0.25, 0.3) is 22.6 Å². The van der Waals surface area contributed by atoms with Crippen LogP contribution >= 0.6 is 0 Å². The van der Waals surface area contributed by atoms with Crippen LogP contribution < -0.4 is 10.5 Å². The molecule has 158 valence electrons. The Morgan fingerprint density at radius 1 is 1.16 bits per heavy atom. The molecular weight excluding hydrogens is 396 g/mol. The first-order valence-corrected chi connectivity index (χ1v) is 9.33. The number of benzene rings is 2. The molecule has 31 heavy (non-hydrogen) atoms. The first kappa shape index (κ1) is 21.4. The van der Waals surface area contributed by atoms with Gasteiger partial charge in [-0.3, -0.25) is 9.36 Å². The lowest BCUT2D eigenvalue weighted by atomic mass is 10.00. The monoisotopic (exact) mass is 418 g/mol. The van der Waals surface area contributed by atoms with Gasteiger partial charge in [0.2, 0.25) is 5.82 Å². The van der Waals surface area contributed by atoms with Gasteiger partial charge in [-0.15, -0.1) is 10.2 Å². The number of nitrogens with two attached hydrogens (primary N) is 1. The number of phenols is 2. The standard InChI is InChI=1S/C23H22N4O4/c1-4-6-7-14(5-2)17-12-18(20(29)13-19(17)28)22-25-26-23(21(24)30)27(22)15-8-10-16(31-3)11-9-15/h4-13,28-29H,1H2,2-3H3,(H2,24,30)/b7-6-,14-5+. The molecule has 8 nitrogen and oxygen atoms in total. The number of aromatic hydroxyl groups is 2. The Bertz CT molecular complexity index is 1190. The Morgan fingerprint density at radius 2 is 1.87 bits per heavy atom. The SMILES string of the molecule is C=C/C=C\C(=C/C)c1cc(-c2nnc(C(N)=O)n2-c2ccc(OC)cc2)c(O)cc1O. The van der Waals surface area contributed by atoms with E-state index in [2.05, 4.69) is 16.8 Å². The molecule has 0 fully saturated rings. The molecule has 1 amide bonds. The summed E-state index contributed by atoms with van der Waals surface area (Å²) in [5, 5.41) is 29.0. The van der Waals surface area contributed by atoms with Gasteiger partial charge < -0.3 is 20.7 Å². The lowest BCUT2D eigenvalue weighted by molar-refractivity contribution is 0.0988. The van der Waals surface area contributed by atoms with Gasteiger partial charge in [0.1, 0.15) is 17.2 Å². The number of ether oxygens (including phenoxy) is 1. The van der Waals surface area contributed by atoms with Crippen molar-refractivity contribution in [1.82, 2.24) is 14.8 Å². The van der Waals surface area contributed by atoms with E-state index in [1.165, 1.54) is 10.6 Å². The van der Waals surface area contributed by atoms with Gasteiger partial charge in [0.25, 0.3) is 5.91 Å². The second-order valence-electron chi connectivity index (χ2n) is 6.47. The van der Waals surface area contributed by atoms with Crippen LogP contribution in [-0.4, -0.2) is 38.0 Å². The Balaban J connectivity index is 2.25. The van der Waals surface area contributed by atoms with Crippen molar-refractivity contribution in [2.24, 2.45) is 5.73 Å². The molecule has 0 aliphatic rings. The lowest BCUT2D eigenvalue weighted by Crippen LogP contribution is -2.17. The molecule has 4 N–H and O–H groups in total. The third-order valence-electron chi connectivity index (χ3n) is 4.60. The number of hydrogen-bond acceptors (Lipinski definition) is 6. The number of primary amides is 1. The van der Waals surface area contributed by atoms with E-state index in [1.54, 1.807) is 61.7 Å². The second kappa shape index (κ2) is 9.00. The topological polar surface area (TPSA) is 123 Å². The fourth-order valence-electron chi connectivity index (χ4n) is 3.09. The van der Waals surface area contributed by atoms with Crippen molar-refractivity contribution in [3.8, 4) is 34.3 Å². The highest BCUT2D eigenvalue weighted by molar-refractivity contribution is 5.91. The van der Waals surface area contributed by atoms with Crippen molar-refractivity contribution in [1.29, 1.82) is 0 Å². The van der Waals surface area contributed by atoms with Crippen LogP contribution in [-0.2, 0) is 0 Å². The minimum absolute atomic E-state index is 0.105. The van der Waals surface area contributed by atoms with Gasteiger partial charge in [-0.25, -0.2) is 0 Å². The number of carbonyl (C=O) groups is 1. The summed E-state index contributed by atoms with van der Waals surface area (Å²) in [4.78, 5) is 12.0. The van der Waals surface area contributed by atoms with Crippen LogP contribution in [0.4, 0.5) is 0 Å². The van der Waals surface area contributed by atoms with Crippen LogP contribution in [0.15, 0.2) is 67.3 Å². The van der Waals surface area contributed by atoms with Gasteiger partial charge >= 0.3 is 0 Å². The zero-order valence-electron chi connectivity index (χ0n) is 17.1. The highest BCUT2D eigenvalue weighted by Gasteiger charge is 2.23. The van der Waals surface area contributed by atoms with E-state index >= 15 is 0 Å². The maximum absolute atomic E-state index is 12.0. The van der Waals surface area contributed by atoms with E-state index in [1.807, 2.05) is 6.92 Å². The van der Waals surface area contributed by atoms with Crippen molar-refractivity contribution in [3.63, 3.8) is 0 Å². The Hall–Kier alpha value is -4.33. The average Bonchev–Trinajstić information content (AvgIpc) is 3.20. The van der Waals surface area contributed by atoms with Crippen molar-refractivity contribution in [3.05, 3.63) is 78.7 Å². The minimum atomic E-state index is -0.781. The number of rotatable bonds is 7. The molecule has 3 rings (SSSR count). The van der Waals surface area contributed by atoms with Crippen LogP contribution in [0.3, 0.4) is 0 Å². The molecule has 8 heteroatoms. The van der Waals surface area contributed by atoms with Gasteiger partial charge in [0.05, 0.1) is 12.7 Å². The summed E-state index contributed by atoms with van der Waals surface area (Å²) < 4.78 is 6.62. The minimum Gasteiger partial charge on any atom is -0.507 e. The molecule has 1 aromatic heterocycles. The van der Waals surface area contributed by atoms with Gasteiger partial charge in [0, 0.05) is 17.3 Å². The maximum atomic E-state index is 12.0. The summed E-state index contributed by atoms with van der Waals surface area (Å²) in [6.45, 7) is 5.47. The van der Waals surface area contributed by atoms with Crippen molar-refractivity contribution >= 4 is 11.5 Å². The number of amides is 1. The van der Waals surface area contributed by atoms with Crippen LogP contribution in [0, 0.1) is 0 Å². The Morgan fingerprint density at radius 3 is 2.45 bits per heavy atom. The van der Waals surface area contributed by atoms with Crippen molar-refractivity contribution in [2.75, 3.05) is 7.11 Å². The lowest BCUT2D eigenvalue weighted by Gasteiger charge is -2.13. The van der Waals surface area contributed by atoms with E-state index in [4.69, 9.17) is 10.5 Å². The van der Waals surface area contributed by atoms with E-state index in [0.717, 1.165) is 0 Å². The Kier molecular flexibility index (Phi) is 6.21. The summed E-state index contributed by atoms with van der Waals surface area (Å²) >= 11 is 0. The van der Waals surface area contributed by atoms with Gasteiger partial charge in [-0.2, -0.15) is 0 Å².